The second-order valence-corrected chi connectivity index (χ2v) is 4.51. The molecule has 0 radical (unpaired) electrons. The summed E-state index contributed by atoms with van der Waals surface area (Å²) in [5.74, 6) is 0. The molecule has 2 aliphatic heterocycles. The Kier molecular flexibility index (Phi) is 6.39. The van der Waals surface area contributed by atoms with Crippen LogP contribution in [0.2, 0.25) is 0 Å². The zero-order valence-corrected chi connectivity index (χ0v) is 9.98. The van der Waals surface area contributed by atoms with E-state index in [1.54, 1.807) is 0 Å². The summed E-state index contributed by atoms with van der Waals surface area (Å²) < 4.78 is 0. The van der Waals surface area contributed by atoms with Crippen LogP contribution in [0.25, 0.3) is 0 Å². The zero-order chi connectivity index (χ0) is 13.7. The maximum atomic E-state index is 8.98. The van der Waals surface area contributed by atoms with Gasteiger partial charge >= 0.3 is 0 Å². The Bertz CT molecular complexity index is 220. The van der Waals surface area contributed by atoms with Crippen molar-refractivity contribution >= 4 is 0 Å². The van der Waals surface area contributed by atoms with E-state index in [1.807, 2.05) is 0 Å². The Hall–Kier alpha value is -0.320. The van der Waals surface area contributed by atoms with E-state index in [2.05, 4.69) is 10.6 Å². The Morgan fingerprint density at radius 2 is 1.06 bits per heavy atom. The molecule has 8 heteroatoms. The molecule has 108 valence electrons. The molecule has 2 heterocycles. The molecule has 6 atom stereocenters. The summed E-state index contributed by atoms with van der Waals surface area (Å²) in [6.07, 6.45) is -3.06. The SMILES string of the molecule is OC[C@H]1NC[C@@H](O)[C@@H]1O.OC[C@H]1NC[C@@H](O)[C@@H]1O. The molecule has 0 spiro atoms. The van der Waals surface area contributed by atoms with Crippen LogP contribution in [-0.4, -0.2) is 93.4 Å². The molecule has 0 aromatic rings. The average molecular weight is 266 g/mol. The van der Waals surface area contributed by atoms with Crippen LogP contribution in [0.1, 0.15) is 0 Å². The van der Waals surface area contributed by atoms with Crippen LogP contribution in [0.5, 0.6) is 0 Å². The van der Waals surface area contributed by atoms with E-state index in [1.165, 1.54) is 0 Å². The molecule has 2 rings (SSSR count). The van der Waals surface area contributed by atoms with Crippen molar-refractivity contribution in [3.05, 3.63) is 0 Å². The predicted molar refractivity (Wildman–Crippen MR) is 61.8 cm³/mol. The minimum atomic E-state index is -0.810. The summed E-state index contributed by atoms with van der Waals surface area (Å²) in [7, 11) is 0. The fraction of sp³-hybridized carbons (Fsp3) is 1.00. The van der Waals surface area contributed by atoms with E-state index in [0.717, 1.165) is 0 Å². The van der Waals surface area contributed by atoms with Gasteiger partial charge in [-0.15, -0.1) is 0 Å². The first-order valence-electron chi connectivity index (χ1n) is 5.92. The maximum absolute atomic E-state index is 8.98. The standard InChI is InChI=1S/2C5H11NO3/c2*7-2-3-5(9)4(8)1-6-3/h2*3-9H,1-2H2/t2*3-,4-,5-/m11/s1. The molecule has 0 aromatic heterocycles. The van der Waals surface area contributed by atoms with Crippen LogP contribution < -0.4 is 10.6 Å². The minimum Gasteiger partial charge on any atom is -0.395 e. The number of rotatable bonds is 2. The van der Waals surface area contributed by atoms with Gasteiger partial charge in [-0.2, -0.15) is 0 Å². The lowest BCUT2D eigenvalue weighted by Gasteiger charge is -2.11. The van der Waals surface area contributed by atoms with Crippen LogP contribution in [0, 0.1) is 0 Å². The van der Waals surface area contributed by atoms with E-state index in [-0.39, 0.29) is 25.3 Å². The molecule has 0 saturated carbocycles. The Morgan fingerprint density at radius 1 is 0.722 bits per heavy atom. The highest BCUT2D eigenvalue weighted by Crippen LogP contribution is 2.06. The van der Waals surface area contributed by atoms with Crippen molar-refractivity contribution in [1.29, 1.82) is 0 Å². The fourth-order valence-electron chi connectivity index (χ4n) is 1.91. The maximum Gasteiger partial charge on any atom is 0.0986 e. The number of β-amino-alcohol motifs (C(OH)–C–C–N with tert-alkyl or cyclic N) is 2. The van der Waals surface area contributed by atoms with Crippen LogP contribution in [-0.2, 0) is 0 Å². The Morgan fingerprint density at radius 3 is 1.17 bits per heavy atom. The summed E-state index contributed by atoms with van der Waals surface area (Å²) >= 11 is 0. The van der Waals surface area contributed by atoms with Gasteiger partial charge in [0.1, 0.15) is 0 Å². The van der Waals surface area contributed by atoms with Gasteiger partial charge in [0.2, 0.25) is 0 Å². The van der Waals surface area contributed by atoms with Gasteiger partial charge in [-0.3, -0.25) is 0 Å². The number of hydrogen-bond donors (Lipinski definition) is 8. The summed E-state index contributed by atoms with van der Waals surface area (Å²) in [6.45, 7) is 0.481. The van der Waals surface area contributed by atoms with Crippen molar-refractivity contribution in [2.24, 2.45) is 0 Å². The van der Waals surface area contributed by atoms with Crippen LogP contribution in [0.4, 0.5) is 0 Å². The largest absolute Gasteiger partial charge is 0.395 e. The molecule has 2 aliphatic rings. The van der Waals surface area contributed by atoms with Gasteiger partial charge in [0.25, 0.3) is 0 Å². The van der Waals surface area contributed by atoms with Crippen LogP contribution >= 0.6 is 0 Å². The third-order valence-corrected chi connectivity index (χ3v) is 3.18. The zero-order valence-electron chi connectivity index (χ0n) is 9.98. The van der Waals surface area contributed by atoms with Gasteiger partial charge in [0.15, 0.2) is 0 Å². The van der Waals surface area contributed by atoms with Gasteiger partial charge < -0.3 is 41.3 Å². The summed E-state index contributed by atoms with van der Waals surface area (Å²) in [5, 5.41) is 58.3. The molecule has 2 saturated heterocycles. The van der Waals surface area contributed by atoms with E-state index in [9.17, 15) is 0 Å². The monoisotopic (exact) mass is 266 g/mol. The summed E-state index contributed by atoms with van der Waals surface area (Å²) in [4.78, 5) is 0. The molecule has 0 aliphatic carbocycles. The van der Waals surface area contributed by atoms with Crippen molar-refractivity contribution in [1.82, 2.24) is 10.6 Å². The van der Waals surface area contributed by atoms with E-state index in [0.29, 0.717) is 13.1 Å². The fourth-order valence-corrected chi connectivity index (χ4v) is 1.91. The first-order valence-corrected chi connectivity index (χ1v) is 5.92. The first-order chi connectivity index (χ1) is 8.51. The third-order valence-electron chi connectivity index (χ3n) is 3.18. The predicted octanol–water partition coefficient (Wildman–Crippen LogP) is -4.66. The summed E-state index contributed by atoms with van der Waals surface area (Å²) in [6, 6.07) is -0.694. The van der Waals surface area contributed by atoms with Crippen molar-refractivity contribution < 1.29 is 30.6 Å². The molecule has 0 unspecified atom stereocenters. The lowest BCUT2D eigenvalue weighted by atomic mass is 10.1. The van der Waals surface area contributed by atoms with E-state index < -0.39 is 24.4 Å². The van der Waals surface area contributed by atoms with Gasteiger partial charge in [0, 0.05) is 13.1 Å². The van der Waals surface area contributed by atoms with Crippen molar-refractivity contribution in [2.75, 3.05) is 26.3 Å². The molecule has 0 bridgehead atoms. The Balaban J connectivity index is 0.000000180. The van der Waals surface area contributed by atoms with Crippen molar-refractivity contribution in [3.63, 3.8) is 0 Å². The topological polar surface area (TPSA) is 145 Å². The molecule has 8 nitrogen and oxygen atoms in total. The molecule has 2 fully saturated rings. The Labute approximate surface area is 105 Å². The van der Waals surface area contributed by atoms with Gasteiger partial charge in [-0.25, -0.2) is 0 Å². The highest BCUT2D eigenvalue weighted by Gasteiger charge is 2.32. The number of hydrogen-bond acceptors (Lipinski definition) is 8. The number of aliphatic hydroxyl groups is 6. The second kappa shape index (κ2) is 7.31. The lowest BCUT2D eigenvalue weighted by Crippen LogP contribution is -2.35. The second-order valence-electron chi connectivity index (χ2n) is 4.51. The van der Waals surface area contributed by atoms with Gasteiger partial charge in [0.05, 0.1) is 49.7 Å². The lowest BCUT2D eigenvalue weighted by molar-refractivity contribution is 0.0295. The van der Waals surface area contributed by atoms with Crippen LogP contribution in [0.3, 0.4) is 0 Å². The number of nitrogens with one attached hydrogen (secondary N) is 2. The van der Waals surface area contributed by atoms with Gasteiger partial charge in [-0.1, -0.05) is 0 Å². The van der Waals surface area contributed by atoms with Crippen LogP contribution in [0.15, 0.2) is 0 Å². The first kappa shape index (κ1) is 15.7. The smallest absolute Gasteiger partial charge is 0.0986 e. The molecule has 0 aromatic carbocycles. The van der Waals surface area contributed by atoms with Gasteiger partial charge in [-0.05, 0) is 0 Å². The van der Waals surface area contributed by atoms with E-state index in [4.69, 9.17) is 30.6 Å². The van der Waals surface area contributed by atoms with Crippen molar-refractivity contribution in [2.45, 2.75) is 36.5 Å². The highest BCUT2D eigenvalue weighted by atomic mass is 16.3. The molecular weight excluding hydrogens is 244 g/mol. The quantitative estimate of drug-likeness (QED) is 0.249. The molecule has 18 heavy (non-hydrogen) atoms. The summed E-state index contributed by atoms with van der Waals surface area (Å²) in [5.41, 5.74) is 0. The molecule has 8 N–H and O–H groups in total. The highest BCUT2D eigenvalue weighted by molar-refractivity contribution is 4.90. The average Bonchev–Trinajstić information content (AvgIpc) is 2.86. The molecule has 0 amide bonds. The number of aliphatic hydroxyl groups excluding tert-OH is 6. The molecular formula is C10H22N2O6. The van der Waals surface area contributed by atoms with E-state index >= 15 is 0 Å². The normalized spacial score (nSPS) is 43.7. The minimum absolute atomic E-state index is 0.127. The van der Waals surface area contributed by atoms with Crippen molar-refractivity contribution in [3.8, 4) is 0 Å². The third kappa shape index (κ3) is 3.84.